The Bertz CT molecular complexity index is 1360. The number of hydrogen-bond acceptors (Lipinski definition) is 4. The standard InChI is InChI=1S/C26H18F2N4O3/c27-19-14-18(10-9-17-6-2-1-3-7-17)15-20(28)24(19)32-23(33)16-21-25(34)31(13-12-30(21)26(32)35)22-8-4-5-11-29-22/h1-8,11,14-15,21H,12-13,16H2. The molecule has 2 aliphatic heterocycles. The van der Waals surface area contributed by atoms with Gasteiger partial charge in [0.05, 0.1) is 6.42 Å². The number of urea groups is 1. The van der Waals surface area contributed by atoms with Crippen LogP contribution in [0.2, 0.25) is 0 Å². The topological polar surface area (TPSA) is 73.8 Å². The lowest BCUT2D eigenvalue weighted by atomic mass is 10.0. The molecule has 0 bridgehead atoms. The molecule has 4 amide bonds. The Morgan fingerprint density at radius 1 is 0.857 bits per heavy atom. The Kier molecular flexibility index (Phi) is 5.71. The molecule has 0 N–H and O–H groups in total. The highest BCUT2D eigenvalue weighted by Crippen LogP contribution is 2.32. The van der Waals surface area contributed by atoms with Crippen molar-refractivity contribution in [1.29, 1.82) is 0 Å². The van der Waals surface area contributed by atoms with Crippen LogP contribution in [0.25, 0.3) is 0 Å². The SMILES string of the molecule is O=C1C2CC(=O)N(c3c(F)cc(C#Cc4ccccc4)cc3F)C(=O)N2CCN1c1ccccn1. The van der Waals surface area contributed by atoms with Crippen LogP contribution in [0.3, 0.4) is 0 Å². The zero-order valence-electron chi connectivity index (χ0n) is 18.3. The van der Waals surface area contributed by atoms with Crippen LogP contribution >= 0.6 is 0 Å². The van der Waals surface area contributed by atoms with Crippen molar-refractivity contribution in [3.63, 3.8) is 0 Å². The van der Waals surface area contributed by atoms with Crippen LogP contribution in [-0.4, -0.2) is 46.9 Å². The molecule has 0 saturated carbocycles. The largest absolute Gasteiger partial charge is 0.332 e. The monoisotopic (exact) mass is 472 g/mol. The molecule has 174 valence electrons. The van der Waals surface area contributed by atoms with Gasteiger partial charge in [-0.1, -0.05) is 36.1 Å². The van der Waals surface area contributed by atoms with Gasteiger partial charge in [0, 0.05) is 30.4 Å². The number of fused-ring (bicyclic) bond motifs is 1. The molecule has 2 aromatic carbocycles. The number of halogens is 2. The second kappa shape index (κ2) is 8.99. The number of anilines is 2. The number of imide groups is 1. The van der Waals surface area contributed by atoms with E-state index in [0.717, 1.165) is 12.1 Å². The Morgan fingerprint density at radius 3 is 2.23 bits per heavy atom. The highest BCUT2D eigenvalue weighted by atomic mass is 19.1. The molecule has 3 heterocycles. The fraction of sp³-hybridized carbons (Fsp3) is 0.154. The summed E-state index contributed by atoms with van der Waals surface area (Å²) < 4.78 is 30.0. The number of hydrogen-bond donors (Lipinski definition) is 0. The van der Waals surface area contributed by atoms with Crippen molar-refractivity contribution in [3.05, 3.63) is 89.6 Å². The summed E-state index contributed by atoms with van der Waals surface area (Å²) in [6, 6.07) is 13.9. The Hall–Kier alpha value is -4.58. The maximum absolute atomic E-state index is 15.0. The first kappa shape index (κ1) is 22.2. The number of benzene rings is 2. The summed E-state index contributed by atoms with van der Waals surface area (Å²) in [6.45, 7) is 0.221. The fourth-order valence-electron chi connectivity index (χ4n) is 4.18. The molecule has 35 heavy (non-hydrogen) atoms. The summed E-state index contributed by atoms with van der Waals surface area (Å²) in [5.74, 6) is 2.36. The quantitative estimate of drug-likeness (QED) is 0.537. The van der Waals surface area contributed by atoms with Crippen LogP contribution in [0.15, 0.2) is 66.9 Å². The molecular formula is C26H18F2N4O3. The molecule has 2 saturated heterocycles. The van der Waals surface area contributed by atoms with Crippen LogP contribution in [0.4, 0.5) is 25.1 Å². The van der Waals surface area contributed by atoms with Gasteiger partial charge in [-0.3, -0.25) is 14.5 Å². The van der Waals surface area contributed by atoms with Gasteiger partial charge < -0.3 is 4.90 Å². The molecule has 0 spiro atoms. The number of nitrogens with zero attached hydrogens (tertiary/aromatic N) is 4. The molecule has 7 nitrogen and oxygen atoms in total. The minimum Gasteiger partial charge on any atom is -0.310 e. The third kappa shape index (κ3) is 4.10. The van der Waals surface area contributed by atoms with Crippen molar-refractivity contribution >= 4 is 29.4 Å². The van der Waals surface area contributed by atoms with E-state index >= 15 is 0 Å². The number of aromatic nitrogens is 1. The van der Waals surface area contributed by atoms with E-state index < -0.39 is 47.6 Å². The molecule has 0 radical (unpaired) electrons. The molecule has 1 aromatic heterocycles. The summed E-state index contributed by atoms with van der Waals surface area (Å²) in [5.41, 5.74) is -0.0517. The fourth-order valence-corrected chi connectivity index (χ4v) is 4.18. The molecule has 5 rings (SSSR count). The van der Waals surface area contributed by atoms with E-state index in [2.05, 4.69) is 16.8 Å². The molecule has 2 aliphatic rings. The third-order valence-corrected chi connectivity index (χ3v) is 5.84. The number of carbonyl (C=O) groups is 3. The summed E-state index contributed by atoms with van der Waals surface area (Å²) in [5, 5.41) is 0. The average Bonchev–Trinajstić information content (AvgIpc) is 2.86. The predicted molar refractivity (Wildman–Crippen MR) is 123 cm³/mol. The van der Waals surface area contributed by atoms with Crippen molar-refractivity contribution in [2.45, 2.75) is 12.5 Å². The van der Waals surface area contributed by atoms with Gasteiger partial charge in [-0.15, -0.1) is 0 Å². The Morgan fingerprint density at radius 2 is 1.54 bits per heavy atom. The highest BCUT2D eigenvalue weighted by molar-refractivity contribution is 6.19. The van der Waals surface area contributed by atoms with E-state index in [1.54, 1.807) is 42.5 Å². The first-order valence-corrected chi connectivity index (χ1v) is 10.9. The zero-order valence-corrected chi connectivity index (χ0v) is 18.3. The van der Waals surface area contributed by atoms with Gasteiger partial charge in [0.15, 0.2) is 11.6 Å². The number of amides is 4. The van der Waals surface area contributed by atoms with Crippen LogP contribution < -0.4 is 9.80 Å². The van der Waals surface area contributed by atoms with Crippen LogP contribution in [-0.2, 0) is 9.59 Å². The predicted octanol–water partition coefficient (Wildman–Crippen LogP) is 3.33. The maximum atomic E-state index is 15.0. The lowest BCUT2D eigenvalue weighted by Gasteiger charge is -2.44. The number of rotatable bonds is 2. The van der Waals surface area contributed by atoms with E-state index in [9.17, 15) is 23.2 Å². The van der Waals surface area contributed by atoms with Gasteiger partial charge in [-0.05, 0) is 36.4 Å². The lowest BCUT2D eigenvalue weighted by Crippen LogP contribution is -2.66. The van der Waals surface area contributed by atoms with Gasteiger partial charge in [-0.2, -0.15) is 0 Å². The summed E-state index contributed by atoms with van der Waals surface area (Å²) in [4.78, 5) is 46.2. The van der Waals surface area contributed by atoms with Gasteiger partial charge in [0.1, 0.15) is 17.5 Å². The van der Waals surface area contributed by atoms with E-state index in [1.807, 2.05) is 6.07 Å². The van der Waals surface area contributed by atoms with E-state index in [-0.39, 0.29) is 18.7 Å². The molecule has 0 aliphatic carbocycles. The second-order valence-corrected chi connectivity index (χ2v) is 8.01. The first-order valence-electron chi connectivity index (χ1n) is 10.9. The molecule has 2 fully saturated rings. The third-order valence-electron chi connectivity index (χ3n) is 5.84. The van der Waals surface area contributed by atoms with Crippen molar-refractivity contribution in [2.24, 2.45) is 0 Å². The summed E-state index contributed by atoms with van der Waals surface area (Å²) in [6.07, 6.45) is 1.13. The van der Waals surface area contributed by atoms with E-state index in [4.69, 9.17) is 0 Å². The maximum Gasteiger partial charge on any atom is 0.332 e. The van der Waals surface area contributed by atoms with Crippen molar-refractivity contribution in [1.82, 2.24) is 9.88 Å². The van der Waals surface area contributed by atoms with Crippen molar-refractivity contribution in [3.8, 4) is 11.8 Å². The molecule has 3 aromatic rings. The smallest absolute Gasteiger partial charge is 0.310 e. The van der Waals surface area contributed by atoms with E-state index in [1.165, 1.54) is 16.0 Å². The molecule has 9 heteroatoms. The molecular weight excluding hydrogens is 454 g/mol. The zero-order chi connectivity index (χ0) is 24.5. The number of carbonyl (C=O) groups excluding carboxylic acids is 3. The molecule has 1 atom stereocenters. The van der Waals surface area contributed by atoms with Crippen LogP contribution in [0.5, 0.6) is 0 Å². The lowest BCUT2D eigenvalue weighted by molar-refractivity contribution is -0.131. The minimum absolute atomic E-state index is 0.0570. The van der Waals surface area contributed by atoms with Gasteiger partial charge in [0.25, 0.3) is 5.91 Å². The Balaban J connectivity index is 1.41. The van der Waals surface area contributed by atoms with Gasteiger partial charge >= 0.3 is 6.03 Å². The van der Waals surface area contributed by atoms with E-state index in [0.29, 0.717) is 16.3 Å². The normalized spacial score (nSPS) is 17.7. The van der Waals surface area contributed by atoms with Gasteiger partial charge in [0.2, 0.25) is 5.91 Å². The number of piperazine rings is 1. The number of pyridine rings is 1. The Labute approximate surface area is 199 Å². The summed E-state index contributed by atoms with van der Waals surface area (Å²) in [7, 11) is 0. The van der Waals surface area contributed by atoms with Crippen LogP contribution in [0.1, 0.15) is 17.5 Å². The highest BCUT2D eigenvalue weighted by Gasteiger charge is 2.48. The summed E-state index contributed by atoms with van der Waals surface area (Å²) >= 11 is 0. The van der Waals surface area contributed by atoms with Crippen molar-refractivity contribution in [2.75, 3.05) is 22.9 Å². The first-order chi connectivity index (χ1) is 16.9. The molecule has 1 unspecified atom stereocenters. The van der Waals surface area contributed by atoms with Crippen molar-refractivity contribution < 1.29 is 23.2 Å². The van der Waals surface area contributed by atoms with Crippen LogP contribution in [0, 0.1) is 23.5 Å². The second-order valence-electron chi connectivity index (χ2n) is 8.01. The average molecular weight is 472 g/mol. The van der Waals surface area contributed by atoms with Gasteiger partial charge in [-0.25, -0.2) is 23.5 Å². The minimum atomic E-state index is -1.10.